The summed E-state index contributed by atoms with van der Waals surface area (Å²) < 4.78 is 5.42. The van der Waals surface area contributed by atoms with Crippen molar-refractivity contribution in [3.05, 3.63) is 65.7 Å². The molecule has 0 heterocycles. The van der Waals surface area contributed by atoms with Crippen LogP contribution in [0.1, 0.15) is 42.3 Å². The molecule has 2 rings (SSSR count). The predicted octanol–water partition coefficient (Wildman–Crippen LogP) is 3.37. The third-order valence-corrected chi connectivity index (χ3v) is 3.90. The minimum atomic E-state index is -0.595. The maximum atomic E-state index is 12.3. The molecule has 0 aliphatic rings. The first-order chi connectivity index (χ1) is 11.6. The Labute approximate surface area is 143 Å². The number of nitrogens with one attached hydrogen (secondary N) is 1. The van der Waals surface area contributed by atoms with Gasteiger partial charge in [0.2, 0.25) is 0 Å². The Morgan fingerprint density at radius 1 is 1.17 bits per heavy atom. The van der Waals surface area contributed by atoms with E-state index >= 15 is 0 Å². The molecule has 0 radical (unpaired) electrons. The standard InChI is InChI=1S/C20H25NO3/c1-3-24-18-11-7-10-17(14-18)19(22)12-13-21-15(2)20(23)16-8-5-4-6-9-16/h4-11,14-15,20-21,23H,3,12-13H2,1-2H3. The number of ether oxygens (including phenoxy) is 1. The van der Waals surface area contributed by atoms with Crippen molar-refractivity contribution in [2.45, 2.75) is 32.4 Å². The highest BCUT2D eigenvalue weighted by molar-refractivity contribution is 5.96. The van der Waals surface area contributed by atoms with Crippen LogP contribution in [-0.2, 0) is 0 Å². The molecule has 2 atom stereocenters. The van der Waals surface area contributed by atoms with Gasteiger partial charge in [-0.3, -0.25) is 4.79 Å². The molecule has 0 fully saturated rings. The first-order valence-corrected chi connectivity index (χ1v) is 8.34. The number of benzene rings is 2. The molecule has 4 nitrogen and oxygen atoms in total. The van der Waals surface area contributed by atoms with Crippen molar-refractivity contribution in [1.29, 1.82) is 0 Å². The second kappa shape index (κ2) is 9.21. The summed E-state index contributed by atoms with van der Waals surface area (Å²) in [5.74, 6) is 0.773. The fourth-order valence-corrected chi connectivity index (χ4v) is 2.53. The van der Waals surface area contributed by atoms with Crippen molar-refractivity contribution in [3.63, 3.8) is 0 Å². The van der Waals surface area contributed by atoms with Gasteiger partial charge in [0.15, 0.2) is 5.78 Å². The number of hydrogen-bond acceptors (Lipinski definition) is 4. The summed E-state index contributed by atoms with van der Waals surface area (Å²) in [6.07, 6.45) is -0.218. The molecule has 0 saturated heterocycles. The molecule has 0 aliphatic carbocycles. The highest BCUT2D eigenvalue weighted by Crippen LogP contribution is 2.17. The molecule has 2 aromatic carbocycles. The van der Waals surface area contributed by atoms with E-state index in [1.807, 2.05) is 56.3 Å². The van der Waals surface area contributed by atoms with Crippen LogP contribution >= 0.6 is 0 Å². The number of ketones is 1. The van der Waals surface area contributed by atoms with Crippen molar-refractivity contribution < 1.29 is 14.6 Å². The lowest BCUT2D eigenvalue weighted by molar-refractivity contribution is 0.0971. The van der Waals surface area contributed by atoms with Gasteiger partial charge in [-0.15, -0.1) is 0 Å². The van der Waals surface area contributed by atoms with Gasteiger partial charge in [-0.2, -0.15) is 0 Å². The second-order valence-corrected chi connectivity index (χ2v) is 5.73. The third kappa shape index (κ3) is 5.18. The summed E-state index contributed by atoms with van der Waals surface area (Å²) in [7, 11) is 0. The van der Waals surface area contributed by atoms with Gasteiger partial charge < -0.3 is 15.2 Å². The normalized spacial score (nSPS) is 13.3. The summed E-state index contributed by atoms with van der Waals surface area (Å²) in [4.78, 5) is 12.3. The Balaban J connectivity index is 1.83. The zero-order valence-electron chi connectivity index (χ0n) is 14.2. The zero-order chi connectivity index (χ0) is 17.4. The Hall–Kier alpha value is -2.17. The van der Waals surface area contributed by atoms with Crippen LogP contribution in [0.2, 0.25) is 0 Å². The Morgan fingerprint density at radius 3 is 2.62 bits per heavy atom. The molecule has 24 heavy (non-hydrogen) atoms. The van der Waals surface area contributed by atoms with Gasteiger partial charge in [0, 0.05) is 24.6 Å². The van der Waals surface area contributed by atoms with E-state index in [1.54, 1.807) is 12.1 Å². The van der Waals surface area contributed by atoms with E-state index in [1.165, 1.54) is 0 Å². The molecule has 2 aromatic rings. The molecular formula is C20H25NO3. The molecule has 128 valence electrons. The smallest absolute Gasteiger partial charge is 0.164 e. The Morgan fingerprint density at radius 2 is 1.92 bits per heavy atom. The van der Waals surface area contributed by atoms with Gasteiger partial charge in [-0.1, -0.05) is 42.5 Å². The third-order valence-electron chi connectivity index (χ3n) is 3.90. The fraction of sp³-hybridized carbons (Fsp3) is 0.350. The lowest BCUT2D eigenvalue weighted by Gasteiger charge is -2.20. The summed E-state index contributed by atoms with van der Waals surface area (Å²) >= 11 is 0. The second-order valence-electron chi connectivity index (χ2n) is 5.73. The van der Waals surface area contributed by atoms with E-state index in [-0.39, 0.29) is 11.8 Å². The molecule has 0 saturated carbocycles. The van der Waals surface area contributed by atoms with E-state index in [2.05, 4.69) is 5.32 Å². The minimum absolute atomic E-state index is 0.0606. The largest absolute Gasteiger partial charge is 0.494 e. The molecular weight excluding hydrogens is 302 g/mol. The van der Waals surface area contributed by atoms with Crippen LogP contribution in [0.3, 0.4) is 0 Å². The number of aliphatic hydroxyl groups is 1. The van der Waals surface area contributed by atoms with Crippen molar-refractivity contribution in [3.8, 4) is 5.75 Å². The zero-order valence-corrected chi connectivity index (χ0v) is 14.2. The van der Waals surface area contributed by atoms with E-state index in [0.29, 0.717) is 30.9 Å². The van der Waals surface area contributed by atoms with Crippen LogP contribution in [0, 0.1) is 0 Å². The average Bonchev–Trinajstić information content (AvgIpc) is 2.62. The predicted molar refractivity (Wildman–Crippen MR) is 95.4 cm³/mol. The number of carbonyl (C=O) groups is 1. The summed E-state index contributed by atoms with van der Waals surface area (Å²) in [6.45, 7) is 4.92. The first kappa shape index (κ1) is 18.2. The SMILES string of the molecule is CCOc1cccc(C(=O)CCNC(C)C(O)c2ccccc2)c1. The maximum absolute atomic E-state index is 12.3. The van der Waals surface area contributed by atoms with E-state index in [0.717, 1.165) is 5.56 Å². The van der Waals surface area contributed by atoms with Crippen molar-refractivity contribution in [2.24, 2.45) is 0 Å². The van der Waals surface area contributed by atoms with Gasteiger partial charge in [0.1, 0.15) is 5.75 Å². The minimum Gasteiger partial charge on any atom is -0.494 e. The van der Waals surface area contributed by atoms with Gasteiger partial charge >= 0.3 is 0 Å². The molecule has 4 heteroatoms. The van der Waals surface area contributed by atoms with Crippen LogP contribution in [0.15, 0.2) is 54.6 Å². The Kier molecular flexibility index (Phi) is 6.97. The number of Topliss-reactive ketones (excluding diaryl/α,β-unsaturated/α-hetero) is 1. The highest BCUT2D eigenvalue weighted by Gasteiger charge is 2.16. The number of carbonyl (C=O) groups excluding carboxylic acids is 1. The molecule has 0 aromatic heterocycles. The fourth-order valence-electron chi connectivity index (χ4n) is 2.53. The summed E-state index contributed by atoms with van der Waals surface area (Å²) in [5.41, 5.74) is 1.52. The van der Waals surface area contributed by atoms with Crippen molar-refractivity contribution in [1.82, 2.24) is 5.32 Å². The summed E-state index contributed by atoms with van der Waals surface area (Å²) in [6, 6.07) is 16.6. The van der Waals surface area contributed by atoms with E-state index in [9.17, 15) is 9.90 Å². The quantitative estimate of drug-likeness (QED) is 0.693. The molecule has 2 N–H and O–H groups in total. The lowest BCUT2D eigenvalue weighted by atomic mass is 10.0. The first-order valence-electron chi connectivity index (χ1n) is 8.34. The Bertz CT molecular complexity index is 642. The van der Waals surface area contributed by atoms with E-state index < -0.39 is 6.10 Å². The monoisotopic (exact) mass is 327 g/mol. The van der Waals surface area contributed by atoms with Gasteiger partial charge in [0.05, 0.1) is 12.7 Å². The van der Waals surface area contributed by atoms with Crippen LogP contribution in [0.5, 0.6) is 5.75 Å². The van der Waals surface area contributed by atoms with Crippen molar-refractivity contribution >= 4 is 5.78 Å². The topological polar surface area (TPSA) is 58.6 Å². The van der Waals surface area contributed by atoms with Crippen LogP contribution in [0.4, 0.5) is 0 Å². The summed E-state index contributed by atoms with van der Waals surface area (Å²) in [5, 5.41) is 13.5. The molecule has 0 spiro atoms. The molecule has 0 amide bonds. The molecule has 0 aliphatic heterocycles. The van der Waals surface area contributed by atoms with Gasteiger partial charge in [-0.05, 0) is 31.5 Å². The molecule has 2 unspecified atom stereocenters. The lowest BCUT2D eigenvalue weighted by Crippen LogP contribution is -2.33. The average molecular weight is 327 g/mol. The van der Waals surface area contributed by atoms with Gasteiger partial charge in [-0.25, -0.2) is 0 Å². The van der Waals surface area contributed by atoms with Crippen LogP contribution in [-0.4, -0.2) is 30.1 Å². The van der Waals surface area contributed by atoms with E-state index in [4.69, 9.17) is 4.74 Å². The number of aliphatic hydroxyl groups excluding tert-OH is 1. The number of rotatable bonds is 9. The van der Waals surface area contributed by atoms with Crippen LogP contribution in [0.25, 0.3) is 0 Å². The van der Waals surface area contributed by atoms with Crippen molar-refractivity contribution in [2.75, 3.05) is 13.2 Å². The van der Waals surface area contributed by atoms with Crippen LogP contribution < -0.4 is 10.1 Å². The van der Waals surface area contributed by atoms with Gasteiger partial charge in [0.25, 0.3) is 0 Å². The maximum Gasteiger partial charge on any atom is 0.164 e. The molecule has 0 bridgehead atoms. The number of hydrogen-bond donors (Lipinski definition) is 2. The highest BCUT2D eigenvalue weighted by atomic mass is 16.5.